The van der Waals surface area contributed by atoms with Gasteiger partial charge in [-0.25, -0.2) is 4.98 Å². The monoisotopic (exact) mass is 519 g/mol. The van der Waals surface area contributed by atoms with Crippen molar-refractivity contribution in [2.45, 2.75) is 10.4 Å². The highest BCUT2D eigenvalue weighted by atomic mass is 32.2. The van der Waals surface area contributed by atoms with E-state index in [0.29, 0.717) is 33.4 Å². The highest BCUT2D eigenvalue weighted by molar-refractivity contribution is 7.99. The van der Waals surface area contributed by atoms with E-state index in [-0.39, 0.29) is 10.8 Å². The topological polar surface area (TPSA) is 69.1 Å². The van der Waals surface area contributed by atoms with Crippen LogP contribution in [0.2, 0.25) is 0 Å². The van der Waals surface area contributed by atoms with Crippen LogP contribution in [0.3, 0.4) is 0 Å². The van der Waals surface area contributed by atoms with E-state index >= 15 is 0 Å². The van der Waals surface area contributed by atoms with Gasteiger partial charge in [-0.2, -0.15) is 0 Å². The molecule has 0 radical (unpaired) electrons. The smallest absolute Gasteiger partial charge is 0.283 e. The number of nitrogens with zero attached hydrogens (tertiary/aromatic N) is 2. The van der Waals surface area contributed by atoms with Crippen LogP contribution in [-0.2, 0) is 0 Å². The minimum atomic E-state index is -0.180. The van der Waals surface area contributed by atoms with E-state index in [1.165, 1.54) is 0 Å². The minimum Gasteiger partial charge on any atom is -0.493 e. The first-order chi connectivity index (χ1) is 18.7. The maximum absolute atomic E-state index is 14.1. The fourth-order valence-corrected chi connectivity index (χ4v) is 5.94. The van der Waals surface area contributed by atoms with Crippen molar-refractivity contribution in [3.8, 4) is 17.2 Å². The molecule has 0 amide bonds. The van der Waals surface area contributed by atoms with Gasteiger partial charge in [0, 0.05) is 17.0 Å². The van der Waals surface area contributed by atoms with E-state index < -0.39 is 0 Å². The van der Waals surface area contributed by atoms with Gasteiger partial charge in [-0.05, 0) is 29.3 Å². The maximum atomic E-state index is 14.1. The standard InChI is InChI=1S/C31H25N3O3S/c1-36-25-18-17-22(19-26(25)37-2)34-30(35)28-27(23-15-9-10-16-24(23)32-28)33-31(34)38-29(20-11-5-3-6-12-20)21-13-7-4-8-14-21/h3-19,29,32H,1-2H3. The van der Waals surface area contributed by atoms with E-state index in [1.807, 2.05) is 66.7 Å². The number of H-pyrrole nitrogens is 1. The van der Waals surface area contributed by atoms with Crippen molar-refractivity contribution < 1.29 is 9.47 Å². The molecule has 0 aliphatic heterocycles. The number of hydrogen-bond donors (Lipinski definition) is 1. The number of methoxy groups -OCH3 is 2. The average molecular weight is 520 g/mol. The Kier molecular flexibility index (Phi) is 6.35. The van der Waals surface area contributed by atoms with Crippen LogP contribution in [0.15, 0.2) is 113 Å². The number of nitrogens with one attached hydrogen (secondary N) is 1. The Labute approximate surface area is 223 Å². The van der Waals surface area contributed by atoms with Crippen LogP contribution in [0.1, 0.15) is 16.4 Å². The van der Waals surface area contributed by atoms with Gasteiger partial charge in [0.25, 0.3) is 5.56 Å². The van der Waals surface area contributed by atoms with Gasteiger partial charge in [0.05, 0.1) is 25.2 Å². The molecule has 0 saturated carbocycles. The normalized spacial score (nSPS) is 11.3. The predicted molar refractivity (Wildman–Crippen MR) is 153 cm³/mol. The zero-order chi connectivity index (χ0) is 26.1. The van der Waals surface area contributed by atoms with Crippen molar-refractivity contribution in [2.24, 2.45) is 0 Å². The van der Waals surface area contributed by atoms with E-state index in [1.54, 1.807) is 42.7 Å². The lowest BCUT2D eigenvalue weighted by Gasteiger charge is -2.20. The summed E-state index contributed by atoms with van der Waals surface area (Å²) in [6.07, 6.45) is 0. The molecule has 0 bridgehead atoms. The van der Waals surface area contributed by atoms with E-state index in [0.717, 1.165) is 22.0 Å². The summed E-state index contributed by atoms with van der Waals surface area (Å²) in [5.41, 5.74) is 4.69. The summed E-state index contributed by atoms with van der Waals surface area (Å²) in [5.74, 6) is 1.12. The summed E-state index contributed by atoms with van der Waals surface area (Å²) in [4.78, 5) is 22.5. The number of thioether (sulfide) groups is 1. The van der Waals surface area contributed by atoms with E-state index in [2.05, 4.69) is 29.2 Å². The number of fused-ring (bicyclic) bond motifs is 3. The molecular weight excluding hydrogens is 494 g/mol. The first-order valence-electron chi connectivity index (χ1n) is 12.2. The molecule has 2 aromatic heterocycles. The minimum absolute atomic E-state index is 0.0849. The van der Waals surface area contributed by atoms with Gasteiger partial charge < -0.3 is 14.5 Å². The second-order valence-corrected chi connectivity index (χ2v) is 9.86. The molecule has 6 rings (SSSR count). The molecule has 0 aliphatic rings. The van der Waals surface area contributed by atoms with Crippen LogP contribution in [-0.4, -0.2) is 28.8 Å². The summed E-state index contributed by atoms with van der Waals surface area (Å²) in [6.45, 7) is 0. The summed E-state index contributed by atoms with van der Waals surface area (Å²) in [7, 11) is 3.17. The second-order valence-electron chi connectivity index (χ2n) is 8.79. The lowest BCUT2D eigenvalue weighted by molar-refractivity contribution is 0.354. The number of benzene rings is 4. The zero-order valence-corrected chi connectivity index (χ0v) is 21.7. The Morgan fingerprint density at radius 1 is 0.789 bits per heavy atom. The summed E-state index contributed by atoms with van der Waals surface area (Å²) < 4.78 is 12.7. The molecule has 0 fully saturated rings. The molecule has 6 nitrogen and oxygen atoms in total. The Morgan fingerprint density at radius 3 is 2.08 bits per heavy atom. The molecular formula is C31H25N3O3S. The third-order valence-corrected chi connectivity index (χ3v) is 7.81. The molecule has 188 valence electrons. The van der Waals surface area contributed by atoms with Crippen LogP contribution >= 0.6 is 11.8 Å². The molecule has 0 spiro atoms. The van der Waals surface area contributed by atoms with Gasteiger partial charge in [-0.3, -0.25) is 9.36 Å². The SMILES string of the molecule is COc1ccc(-n2c(SC(c3ccccc3)c3ccccc3)nc3c([nH]c4ccccc43)c2=O)cc1OC. The largest absolute Gasteiger partial charge is 0.493 e. The van der Waals surface area contributed by atoms with Gasteiger partial charge in [0.2, 0.25) is 0 Å². The number of para-hydroxylation sites is 1. The van der Waals surface area contributed by atoms with Gasteiger partial charge in [-0.15, -0.1) is 0 Å². The Balaban J connectivity index is 1.62. The van der Waals surface area contributed by atoms with Crippen molar-refractivity contribution in [1.29, 1.82) is 0 Å². The van der Waals surface area contributed by atoms with Crippen LogP contribution in [0.5, 0.6) is 11.5 Å². The molecule has 2 heterocycles. The van der Waals surface area contributed by atoms with Gasteiger partial charge in [0.15, 0.2) is 16.7 Å². The fourth-order valence-electron chi connectivity index (χ4n) is 4.70. The van der Waals surface area contributed by atoms with E-state index in [4.69, 9.17) is 14.5 Å². The number of aromatic nitrogens is 3. The zero-order valence-electron chi connectivity index (χ0n) is 20.9. The first-order valence-corrected chi connectivity index (χ1v) is 13.1. The van der Waals surface area contributed by atoms with E-state index in [9.17, 15) is 4.79 Å². The third kappa shape index (κ3) is 4.21. The van der Waals surface area contributed by atoms with Crippen LogP contribution < -0.4 is 15.0 Å². The van der Waals surface area contributed by atoms with Crippen LogP contribution in [0.25, 0.3) is 27.6 Å². The fraction of sp³-hybridized carbons (Fsp3) is 0.0968. The van der Waals surface area contributed by atoms with Crippen molar-refractivity contribution in [3.05, 3.63) is 125 Å². The third-order valence-electron chi connectivity index (χ3n) is 6.55. The lowest BCUT2D eigenvalue weighted by atomic mass is 10.0. The summed E-state index contributed by atoms with van der Waals surface area (Å²) in [5, 5.41) is 1.41. The molecule has 38 heavy (non-hydrogen) atoms. The second kappa shape index (κ2) is 10.1. The molecule has 7 heteroatoms. The molecule has 1 N–H and O–H groups in total. The predicted octanol–water partition coefficient (Wildman–Crippen LogP) is 6.77. The van der Waals surface area contributed by atoms with Crippen molar-refractivity contribution in [2.75, 3.05) is 14.2 Å². The molecule has 0 saturated heterocycles. The van der Waals surface area contributed by atoms with Crippen LogP contribution in [0, 0.1) is 0 Å². The summed E-state index contributed by atoms with van der Waals surface area (Å²) in [6, 6.07) is 33.9. The molecule has 0 unspecified atom stereocenters. The van der Waals surface area contributed by atoms with Crippen LogP contribution in [0.4, 0.5) is 0 Å². The molecule has 4 aromatic carbocycles. The molecule has 0 aliphatic carbocycles. The Morgan fingerprint density at radius 2 is 1.42 bits per heavy atom. The van der Waals surface area contributed by atoms with Gasteiger partial charge in [0.1, 0.15) is 11.0 Å². The number of rotatable bonds is 7. The maximum Gasteiger partial charge on any atom is 0.283 e. The Bertz CT molecular complexity index is 1760. The first kappa shape index (κ1) is 23.9. The summed E-state index contributed by atoms with van der Waals surface area (Å²) >= 11 is 1.55. The van der Waals surface area contributed by atoms with Crippen molar-refractivity contribution >= 4 is 33.7 Å². The quantitative estimate of drug-likeness (QED) is 0.186. The van der Waals surface area contributed by atoms with Crippen molar-refractivity contribution in [1.82, 2.24) is 14.5 Å². The van der Waals surface area contributed by atoms with Gasteiger partial charge >= 0.3 is 0 Å². The lowest BCUT2D eigenvalue weighted by Crippen LogP contribution is -2.22. The van der Waals surface area contributed by atoms with Crippen molar-refractivity contribution in [3.63, 3.8) is 0 Å². The number of ether oxygens (including phenoxy) is 2. The number of hydrogen-bond acceptors (Lipinski definition) is 5. The highest BCUT2D eigenvalue weighted by Crippen LogP contribution is 2.41. The molecule has 0 atom stereocenters. The number of aromatic amines is 1. The average Bonchev–Trinajstić information content (AvgIpc) is 3.35. The Hall–Kier alpha value is -4.49. The van der Waals surface area contributed by atoms with Gasteiger partial charge in [-0.1, -0.05) is 90.6 Å². The highest BCUT2D eigenvalue weighted by Gasteiger charge is 2.23. The molecule has 6 aromatic rings.